The molecule has 3 aromatic rings. The standard InChI is InChI=1S/C46H58O14/c1-3-5-6-7-12-30-58-46(52)40-34-39(59-44(50)35-17-21-37(22-18-35)54-29-14-9-11-16-43(49)57-33-32-53-4-2)25-26-41(40)60-45(51)36-19-23-38(24-20-36)55-28-13-8-10-15-42(48)56-31-27-47/h4,17-26,34,47H,2-3,5-16,27-33H2,1H3. The van der Waals surface area contributed by atoms with Gasteiger partial charge in [0, 0.05) is 12.8 Å². The summed E-state index contributed by atoms with van der Waals surface area (Å²) in [6.45, 7) is 6.82. The molecule has 14 nitrogen and oxygen atoms in total. The Morgan fingerprint density at radius 2 is 1.05 bits per heavy atom. The molecule has 1 N–H and O–H groups in total. The summed E-state index contributed by atoms with van der Waals surface area (Å²) in [4.78, 5) is 62.8. The van der Waals surface area contributed by atoms with Crippen LogP contribution in [-0.2, 0) is 28.5 Å². The predicted molar refractivity (Wildman–Crippen MR) is 221 cm³/mol. The highest BCUT2D eigenvalue weighted by molar-refractivity contribution is 5.97. The molecule has 0 aliphatic carbocycles. The highest BCUT2D eigenvalue weighted by Gasteiger charge is 2.21. The van der Waals surface area contributed by atoms with Crippen molar-refractivity contribution in [2.24, 2.45) is 0 Å². The average Bonchev–Trinajstić information content (AvgIpc) is 3.26. The molecule has 0 aliphatic rings. The Morgan fingerprint density at radius 3 is 1.62 bits per heavy atom. The van der Waals surface area contributed by atoms with Gasteiger partial charge in [0.15, 0.2) is 0 Å². The second-order valence-electron chi connectivity index (χ2n) is 13.6. The lowest BCUT2D eigenvalue weighted by Gasteiger charge is -2.13. The fourth-order valence-corrected chi connectivity index (χ4v) is 5.54. The number of carbonyl (C=O) groups is 5. The van der Waals surface area contributed by atoms with Crippen LogP contribution in [0.3, 0.4) is 0 Å². The van der Waals surface area contributed by atoms with Gasteiger partial charge in [-0.25, -0.2) is 14.4 Å². The van der Waals surface area contributed by atoms with E-state index in [0.29, 0.717) is 56.8 Å². The van der Waals surface area contributed by atoms with Crippen LogP contribution in [0.1, 0.15) is 121 Å². The van der Waals surface area contributed by atoms with Gasteiger partial charge in [-0.2, -0.15) is 0 Å². The second kappa shape index (κ2) is 29.3. The topological polar surface area (TPSA) is 179 Å². The van der Waals surface area contributed by atoms with Crippen molar-refractivity contribution < 1.29 is 67.0 Å². The first kappa shape index (κ1) is 48.5. The molecule has 3 aromatic carbocycles. The molecule has 60 heavy (non-hydrogen) atoms. The fourth-order valence-electron chi connectivity index (χ4n) is 5.54. The smallest absolute Gasteiger partial charge is 0.343 e. The number of aliphatic hydroxyl groups is 1. The van der Waals surface area contributed by atoms with E-state index in [1.54, 1.807) is 48.5 Å². The summed E-state index contributed by atoms with van der Waals surface area (Å²) in [5.41, 5.74) is 0.378. The summed E-state index contributed by atoms with van der Waals surface area (Å²) >= 11 is 0. The minimum absolute atomic E-state index is 0.00148. The number of hydrogen-bond donors (Lipinski definition) is 1. The Hall–Kier alpha value is -5.89. The molecule has 0 saturated heterocycles. The first-order valence-electron chi connectivity index (χ1n) is 20.6. The second-order valence-corrected chi connectivity index (χ2v) is 13.6. The number of benzene rings is 3. The summed E-state index contributed by atoms with van der Waals surface area (Å²) in [6, 6.07) is 16.9. The average molecular weight is 835 g/mol. The third kappa shape index (κ3) is 19.7. The predicted octanol–water partition coefficient (Wildman–Crippen LogP) is 8.37. The Morgan fingerprint density at radius 1 is 0.533 bits per heavy atom. The first-order valence-corrected chi connectivity index (χ1v) is 20.6. The van der Waals surface area contributed by atoms with Crippen LogP contribution in [-0.4, -0.2) is 81.2 Å². The lowest BCUT2D eigenvalue weighted by Crippen LogP contribution is -2.14. The number of ether oxygens (including phenoxy) is 8. The zero-order valence-corrected chi connectivity index (χ0v) is 34.5. The van der Waals surface area contributed by atoms with E-state index in [9.17, 15) is 24.0 Å². The Labute approximate surface area is 352 Å². The molecular weight excluding hydrogens is 776 g/mol. The van der Waals surface area contributed by atoms with Crippen LogP contribution in [0, 0.1) is 0 Å². The van der Waals surface area contributed by atoms with Crippen molar-refractivity contribution in [1.29, 1.82) is 0 Å². The zero-order chi connectivity index (χ0) is 43.2. The van der Waals surface area contributed by atoms with E-state index in [0.717, 1.165) is 44.9 Å². The van der Waals surface area contributed by atoms with Gasteiger partial charge in [0.2, 0.25) is 0 Å². The molecule has 0 radical (unpaired) electrons. The Bertz CT molecular complexity index is 1750. The first-order chi connectivity index (χ1) is 29.2. The summed E-state index contributed by atoms with van der Waals surface area (Å²) < 4.78 is 43.1. The number of rotatable bonds is 31. The highest BCUT2D eigenvalue weighted by Crippen LogP contribution is 2.28. The lowest BCUT2D eigenvalue weighted by atomic mass is 10.1. The molecule has 326 valence electrons. The van der Waals surface area contributed by atoms with Crippen LogP contribution < -0.4 is 18.9 Å². The summed E-state index contributed by atoms with van der Waals surface area (Å²) in [7, 11) is 0. The van der Waals surface area contributed by atoms with Crippen molar-refractivity contribution in [3.05, 3.63) is 96.3 Å². The van der Waals surface area contributed by atoms with Gasteiger partial charge in [-0.1, -0.05) is 39.2 Å². The van der Waals surface area contributed by atoms with Crippen molar-refractivity contribution in [3.8, 4) is 23.0 Å². The summed E-state index contributed by atoms with van der Waals surface area (Å²) in [5, 5.41) is 8.72. The van der Waals surface area contributed by atoms with Gasteiger partial charge in [0.1, 0.15) is 48.4 Å². The van der Waals surface area contributed by atoms with Crippen LogP contribution in [0.25, 0.3) is 0 Å². The Balaban J connectivity index is 1.54. The molecule has 0 aromatic heterocycles. The number of aliphatic hydroxyl groups excluding tert-OH is 1. The van der Waals surface area contributed by atoms with E-state index in [1.165, 1.54) is 24.5 Å². The molecule has 3 rings (SSSR count). The zero-order valence-electron chi connectivity index (χ0n) is 34.5. The van der Waals surface area contributed by atoms with Crippen LogP contribution in [0.4, 0.5) is 0 Å². The van der Waals surface area contributed by atoms with Crippen molar-refractivity contribution in [2.45, 2.75) is 90.4 Å². The van der Waals surface area contributed by atoms with Crippen molar-refractivity contribution >= 4 is 29.8 Å². The van der Waals surface area contributed by atoms with Gasteiger partial charge in [-0.05, 0) is 112 Å². The van der Waals surface area contributed by atoms with Crippen molar-refractivity contribution in [1.82, 2.24) is 0 Å². The number of esters is 5. The fraction of sp³-hybridized carbons (Fsp3) is 0.457. The van der Waals surface area contributed by atoms with E-state index in [-0.39, 0.29) is 79.6 Å². The molecule has 0 aliphatic heterocycles. The normalized spacial score (nSPS) is 10.6. The number of carbonyl (C=O) groups excluding carboxylic acids is 5. The van der Waals surface area contributed by atoms with Gasteiger partial charge in [-0.15, -0.1) is 0 Å². The Kier molecular flexibility index (Phi) is 23.7. The minimum Gasteiger partial charge on any atom is -0.498 e. The van der Waals surface area contributed by atoms with Crippen molar-refractivity contribution in [2.75, 3.05) is 46.2 Å². The van der Waals surface area contributed by atoms with Crippen LogP contribution in [0.2, 0.25) is 0 Å². The maximum atomic E-state index is 13.3. The summed E-state index contributed by atoms with van der Waals surface area (Å²) in [6.07, 6.45) is 10.9. The van der Waals surface area contributed by atoms with Gasteiger partial charge in [0.05, 0.1) is 43.8 Å². The van der Waals surface area contributed by atoms with E-state index >= 15 is 0 Å². The number of unbranched alkanes of at least 4 members (excludes halogenated alkanes) is 8. The van der Waals surface area contributed by atoms with Crippen LogP contribution in [0.15, 0.2) is 79.6 Å². The maximum Gasteiger partial charge on any atom is 0.343 e. The van der Waals surface area contributed by atoms with Crippen molar-refractivity contribution in [3.63, 3.8) is 0 Å². The maximum absolute atomic E-state index is 13.3. The SMILES string of the molecule is C=COCCOC(=O)CCCCCOc1ccc(C(=O)Oc2ccc(OC(=O)c3ccc(OCCCCCC(=O)OCCO)cc3)c(C(=O)OCCCCCCC)c2)cc1. The molecule has 0 fully saturated rings. The van der Waals surface area contributed by atoms with E-state index in [2.05, 4.69) is 13.5 Å². The third-order valence-electron chi connectivity index (χ3n) is 8.77. The highest BCUT2D eigenvalue weighted by atomic mass is 16.6. The molecule has 0 spiro atoms. The molecule has 0 unspecified atom stereocenters. The van der Waals surface area contributed by atoms with E-state index in [4.69, 9.17) is 43.0 Å². The molecule has 0 heterocycles. The lowest BCUT2D eigenvalue weighted by molar-refractivity contribution is -0.145. The molecule has 0 amide bonds. The molecule has 14 heteroatoms. The van der Waals surface area contributed by atoms with Gasteiger partial charge >= 0.3 is 29.8 Å². The summed E-state index contributed by atoms with van der Waals surface area (Å²) in [5.74, 6) is -1.66. The van der Waals surface area contributed by atoms with Gasteiger partial charge in [0.25, 0.3) is 0 Å². The van der Waals surface area contributed by atoms with Gasteiger partial charge in [-0.3, -0.25) is 9.59 Å². The molecule has 0 atom stereocenters. The largest absolute Gasteiger partial charge is 0.498 e. The number of hydrogen-bond acceptors (Lipinski definition) is 14. The van der Waals surface area contributed by atoms with E-state index < -0.39 is 17.9 Å². The quantitative estimate of drug-likeness (QED) is 0.0215. The van der Waals surface area contributed by atoms with Crippen LogP contribution >= 0.6 is 0 Å². The monoisotopic (exact) mass is 834 g/mol. The minimum atomic E-state index is -0.729. The van der Waals surface area contributed by atoms with E-state index in [1.807, 2.05) is 0 Å². The molecule has 0 saturated carbocycles. The third-order valence-corrected chi connectivity index (χ3v) is 8.77. The van der Waals surface area contributed by atoms with Gasteiger partial charge < -0.3 is 43.0 Å². The molecular formula is C46H58O14. The molecule has 0 bridgehead atoms. The van der Waals surface area contributed by atoms with Crippen LogP contribution in [0.5, 0.6) is 23.0 Å².